The van der Waals surface area contributed by atoms with Crippen molar-refractivity contribution in [2.75, 3.05) is 18.4 Å². The van der Waals surface area contributed by atoms with Crippen molar-refractivity contribution in [3.8, 4) is 0 Å². The summed E-state index contributed by atoms with van der Waals surface area (Å²) in [5.41, 5.74) is -0.0527. The lowest BCUT2D eigenvalue weighted by atomic mass is 10.2. The Labute approximate surface area is 115 Å². The van der Waals surface area contributed by atoms with Gasteiger partial charge in [-0.05, 0) is 19.4 Å². The molecule has 108 valence electrons. The second-order valence-electron chi connectivity index (χ2n) is 4.80. The van der Waals surface area contributed by atoms with Crippen molar-refractivity contribution in [2.24, 2.45) is 0 Å². The standard InChI is InChI=1S/C12H16N4O4/c1-8(12(17)18)15-5-4-9(7-15)14-11-3-2-10(6-13-11)16(19)20/h2-3,6,8-9H,4-5,7H2,1H3,(H,13,14)(H,17,18). The number of aliphatic carboxylic acids is 1. The zero-order valence-electron chi connectivity index (χ0n) is 11.0. The van der Waals surface area contributed by atoms with E-state index in [1.54, 1.807) is 13.0 Å². The van der Waals surface area contributed by atoms with Crippen LogP contribution < -0.4 is 5.32 Å². The molecule has 2 heterocycles. The number of rotatable bonds is 5. The topological polar surface area (TPSA) is 109 Å². The summed E-state index contributed by atoms with van der Waals surface area (Å²) in [5.74, 6) is -0.274. The number of carbonyl (C=O) groups is 1. The summed E-state index contributed by atoms with van der Waals surface area (Å²) in [4.78, 5) is 26.8. The van der Waals surface area contributed by atoms with Crippen LogP contribution in [0.15, 0.2) is 18.3 Å². The van der Waals surface area contributed by atoms with E-state index in [-0.39, 0.29) is 11.7 Å². The van der Waals surface area contributed by atoms with Crippen molar-refractivity contribution in [1.29, 1.82) is 0 Å². The van der Waals surface area contributed by atoms with Gasteiger partial charge >= 0.3 is 5.97 Å². The number of aromatic nitrogens is 1. The fourth-order valence-electron chi connectivity index (χ4n) is 2.20. The summed E-state index contributed by atoms with van der Waals surface area (Å²) in [7, 11) is 0. The number of pyridine rings is 1. The van der Waals surface area contributed by atoms with Gasteiger partial charge in [-0.3, -0.25) is 19.8 Å². The molecule has 8 nitrogen and oxygen atoms in total. The molecule has 1 aromatic heterocycles. The summed E-state index contributed by atoms with van der Waals surface area (Å²) < 4.78 is 0. The quantitative estimate of drug-likeness (QED) is 0.610. The molecule has 2 N–H and O–H groups in total. The first kappa shape index (κ1) is 14.2. The first-order valence-corrected chi connectivity index (χ1v) is 6.31. The Morgan fingerprint density at radius 2 is 2.40 bits per heavy atom. The fourth-order valence-corrected chi connectivity index (χ4v) is 2.20. The van der Waals surface area contributed by atoms with Crippen LogP contribution in [0.4, 0.5) is 11.5 Å². The predicted octanol–water partition coefficient (Wildman–Crippen LogP) is 0.949. The molecule has 1 aliphatic rings. The van der Waals surface area contributed by atoms with E-state index >= 15 is 0 Å². The highest BCUT2D eigenvalue weighted by Gasteiger charge is 2.29. The van der Waals surface area contributed by atoms with Gasteiger partial charge in [0.05, 0.1) is 4.92 Å². The molecule has 0 bridgehead atoms. The molecular weight excluding hydrogens is 264 g/mol. The van der Waals surface area contributed by atoms with Gasteiger partial charge in [-0.25, -0.2) is 4.98 Å². The number of nitro groups is 1. The lowest BCUT2D eigenvalue weighted by Gasteiger charge is -2.20. The number of nitrogens with zero attached hydrogens (tertiary/aromatic N) is 3. The molecular formula is C12H16N4O4. The SMILES string of the molecule is CC(C(=O)O)N1CCC(Nc2ccc([N+](=O)[O-])cn2)C1. The molecule has 0 amide bonds. The average molecular weight is 280 g/mol. The second-order valence-corrected chi connectivity index (χ2v) is 4.80. The van der Waals surface area contributed by atoms with E-state index in [4.69, 9.17) is 5.11 Å². The fraction of sp³-hybridized carbons (Fsp3) is 0.500. The van der Waals surface area contributed by atoms with Crippen LogP contribution in [0.25, 0.3) is 0 Å². The van der Waals surface area contributed by atoms with E-state index in [9.17, 15) is 14.9 Å². The highest BCUT2D eigenvalue weighted by molar-refractivity contribution is 5.72. The smallest absolute Gasteiger partial charge is 0.320 e. The van der Waals surface area contributed by atoms with Crippen molar-refractivity contribution in [2.45, 2.75) is 25.4 Å². The minimum Gasteiger partial charge on any atom is -0.480 e. The van der Waals surface area contributed by atoms with Crippen molar-refractivity contribution >= 4 is 17.5 Å². The Morgan fingerprint density at radius 3 is 2.95 bits per heavy atom. The Kier molecular flexibility index (Phi) is 4.14. The predicted molar refractivity (Wildman–Crippen MR) is 71.6 cm³/mol. The molecule has 20 heavy (non-hydrogen) atoms. The number of likely N-dealkylation sites (tertiary alicyclic amines) is 1. The van der Waals surface area contributed by atoms with Gasteiger partial charge in [0.15, 0.2) is 0 Å². The van der Waals surface area contributed by atoms with Crippen LogP contribution in [0.3, 0.4) is 0 Å². The molecule has 0 saturated carbocycles. The number of carboxylic acids is 1. The molecule has 8 heteroatoms. The summed E-state index contributed by atoms with van der Waals surface area (Å²) in [5, 5.41) is 22.6. The maximum atomic E-state index is 10.9. The van der Waals surface area contributed by atoms with Crippen LogP contribution in [-0.2, 0) is 4.79 Å². The summed E-state index contributed by atoms with van der Waals surface area (Å²) >= 11 is 0. The summed E-state index contributed by atoms with van der Waals surface area (Å²) in [6, 6.07) is 2.54. The van der Waals surface area contributed by atoms with Crippen LogP contribution in [-0.4, -0.2) is 51.1 Å². The Hall–Kier alpha value is -2.22. The third kappa shape index (κ3) is 3.21. The molecule has 0 aromatic carbocycles. The van der Waals surface area contributed by atoms with Crippen LogP contribution >= 0.6 is 0 Å². The first-order valence-electron chi connectivity index (χ1n) is 6.31. The number of carboxylic acid groups (broad SMARTS) is 1. The van der Waals surface area contributed by atoms with Gasteiger partial charge in [-0.2, -0.15) is 0 Å². The molecule has 0 spiro atoms. The van der Waals surface area contributed by atoms with E-state index in [0.717, 1.165) is 6.42 Å². The molecule has 1 aliphatic heterocycles. The maximum absolute atomic E-state index is 10.9. The summed E-state index contributed by atoms with van der Waals surface area (Å²) in [6.07, 6.45) is 2.02. The second kappa shape index (κ2) is 5.83. The molecule has 1 saturated heterocycles. The largest absolute Gasteiger partial charge is 0.480 e. The lowest BCUT2D eigenvalue weighted by molar-refractivity contribution is -0.385. The van der Waals surface area contributed by atoms with Gasteiger partial charge in [-0.1, -0.05) is 0 Å². The molecule has 2 rings (SSSR count). The maximum Gasteiger partial charge on any atom is 0.320 e. The third-order valence-electron chi connectivity index (χ3n) is 3.44. The van der Waals surface area contributed by atoms with Crippen LogP contribution in [0, 0.1) is 10.1 Å². The highest BCUT2D eigenvalue weighted by atomic mass is 16.6. The summed E-state index contributed by atoms with van der Waals surface area (Å²) in [6.45, 7) is 2.99. The van der Waals surface area contributed by atoms with Crippen LogP contribution in [0.5, 0.6) is 0 Å². The van der Waals surface area contributed by atoms with E-state index in [0.29, 0.717) is 18.9 Å². The zero-order valence-corrected chi connectivity index (χ0v) is 11.0. The highest BCUT2D eigenvalue weighted by Crippen LogP contribution is 2.18. The van der Waals surface area contributed by atoms with E-state index in [1.807, 2.05) is 4.90 Å². The number of hydrogen-bond acceptors (Lipinski definition) is 6. The monoisotopic (exact) mass is 280 g/mol. The van der Waals surface area contributed by atoms with Crippen molar-refractivity contribution < 1.29 is 14.8 Å². The minimum atomic E-state index is -0.834. The van der Waals surface area contributed by atoms with E-state index in [2.05, 4.69) is 10.3 Å². The number of nitrogens with one attached hydrogen (secondary N) is 1. The Morgan fingerprint density at radius 1 is 1.65 bits per heavy atom. The van der Waals surface area contributed by atoms with Crippen LogP contribution in [0.2, 0.25) is 0 Å². The lowest BCUT2D eigenvalue weighted by Crippen LogP contribution is -2.38. The van der Waals surface area contributed by atoms with Gasteiger partial charge in [-0.15, -0.1) is 0 Å². The number of hydrogen-bond donors (Lipinski definition) is 2. The molecule has 1 fully saturated rings. The molecule has 1 aromatic rings. The van der Waals surface area contributed by atoms with Crippen molar-refractivity contribution in [3.63, 3.8) is 0 Å². The van der Waals surface area contributed by atoms with Gasteiger partial charge in [0.25, 0.3) is 5.69 Å². The Bertz CT molecular complexity index is 505. The number of anilines is 1. The van der Waals surface area contributed by atoms with Gasteiger partial charge in [0.2, 0.25) is 0 Å². The van der Waals surface area contributed by atoms with E-state index < -0.39 is 16.9 Å². The van der Waals surface area contributed by atoms with Gasteiger partial charge < -0.3 is 10.4 Å². The molecule has 2 unspecified atom stereocenters. The van der Waals surface area contributed by atoms with Crippen molar-refractivity contribution in [1.82, 2.24) is 9.88 Å². The normalized spacial score (nSPS) is 20.6. The molecule has 0 aliphatic carbocycles. The zero-order chi connectivity index (χ0) is 14.7. The minimum absolute atomic E-state index is 0.0527. The van der Waals surface area contributed by atoms with Crippen LogP contribution in [0.1, 0.15) is 13.3 Å². The molecule has 2 atom stereocenters. The van der Waals surface area contributed by atoms with Gasteiger partial charge in [0.1, 0.15) is 18.1 Å². The first-order chi connectivity index (χ1) is 9.47. The third-order valence-corrected chi connectivity index (χ3v) is 3.44. The molecule has 0 radical (unpaired) electrons. The van der Waals surface area contributed by atoms with Gasteiger partial charge in [0, 0.05) is 25.2 Å². The Balaban J connectivity index is 1.92. The average Bonchev–Trinajstić information content (AvgIpc) is 2.86. The van der Waals surface area contributed by atoms with Crippen molar-refractivity contribution in [3.05, 3.63) is 28.4 Å². The van der Waals surface area contributed by atoms with E-state index in [1.165, 1.54) is 12.3 Å².